The molecule has 3 rings (SSSR count). The van der Waals surface area contributed by atoms with Crippen LogP contribution in [0.2, 0.25) is 0 Å². The molecule has 0 aromatic heterocycles. The van der Waals surface area contributed by atoms with Gasteiger partial charge in [0.05, 0.1) is 0 Å². The van der Waals surface area contributed by atoms with E-state index in [1.807, 2.05) is 0 Å². The summed E-state index contributed by atoms with van der Waals surface area (Å²) in [4.78, 5) is 0. The maximum Gasteiger partial charge on any atom is 0.0353 e. The molecule has 0 fully saturated rings. The minimum Gasteiger partial charge on any atom is -0.398 e. The Morgan fingerprint density at radius 1 is 0.762 bits per heavy atom. The van der Waals surface area contributed by atoms with Gasteiger partial charge in [0.25, 0.3) is 0 Å². The van der Waals surface area contributed by atoms with Gasteiger partial charge in [-0.25, -0.2) is 0 Å². The van der Waals surface area contributed by atoms with Crippen LogP contribution < -0.4 is 5.73 Å². The first-order valence-electron chi connectivity index (χ1n) is 7.99. The summed E-state index contributed by atoms with van der Waals surface area (Å²) in [6, 6.07) is 17.4. The predicted octanol–water partition coefficient (Wildman–Crippen LogP) is 5.70. The molecule has 0 heterocycles. The first-order chi connectivity index (χ1) is 10.3. The normalized spacial score (nSPS) is 11.3. The Morgan fingerprint density at radius 3 is 2.10 bits per heavy atom. The Kier molecular flexibility index (Phi) is 4.10. The molecular formula is C20H23N. The number of unbranched alkanes of at least 4 members (excludes halogenated alkanes) is 3. The lowest BCUT2D eigenvalue weighted by molar-refractivity contribution is 0.667. The van der Waals surface area contributed by atoms with E-state index >= 15 is 0 Å². The summed E-state index contributed by atoms with van der Waals surface area (Å²) < 4.78 is 0. The summed E-state index contributed by atoms with van der Waals surface area (Å²) in [6.07, 6.45) is 6.22. The molecule has 0 spiro atoms. The Balaban J connectivity index is 1.95. The molecule has 3 aromatic rings. The van der Waals surface area contributed by atoms with Crippen LogP contribution >= 0.6 is 0 Å². The van der Waals surface area contributed by atoms with Crippen molar-refractivity contribution in [3.8, 4) is 0 Å². The van der Waals surface area contributed by atoms with Gasteiger partial charge in [-0.3, -0.25) is 0 Å². The van der Waals surface area contributed by atoms with Crippen LogP contribution in [0.5, 0.6) is 0 Å². The zero-order chi connectivity index (χ0) is 14.7. The minimum absolute atomic E-state index is 0.939. The van der Waals surface area contributed by atoms with E-state index in [0.29, 0.717) is 0 Å². The van der Waals surface area contributed by atoms with Crippen molar-refractivity contribution in [3.05, 3.63) is 54.1 Å². The zero-order valence-corrected chi connectivity index (χ0v) is 12.7. The molecule has 2 N–H and O–H groups in total. The Hall–Kier alpha value is -2.02. The molecule has 0 bridgehead atoms. The third-order valence-corrected chi connectivity index (χ3v) is 4.26. The van der Waals surface area contributed by atoms with Crippen LogP contribution in [0.15, 0.2) is 48.5 Å². The number of nitrogen functional groups attached to an aromatic ring is 1. The third kappa shape index (κ3) is 3.02. The SMILES string of the molecule is CCCCCCc1cc2cc3ccccc3cc2cc1N. The second kappa shape index (κ2) is 6.17. The van der Waals surface area contributed by atoms with E-state index < -0.39 is 0 Å². The van der Waals surface area contributed by atoms with Crippen molar-refractivity contribution in [2.24, 2.45) is 0 Å². The van der Waals surface area contributed by atoms with Gasteiger partial charge in [0.2, 0.25) is 0 Å². The highest BCUT2D eigenvalue weighted by Crippen LogP contribution is 2.27. The van der Waals surface area contributed by atoms with Crippen LogP contribution in [0.1, 0.15) is 38.2 Å². The Morgan fingerprint density at radius 2 is 1.43 bits per heavy atom. The fourth-order valence-corrected chi connectivity index (χ4v) is 3.02. The maximum absolute atomic E-state index is 6.25. The molecule has 0 amide bonds. The zero-order valence-electron chi connectivity index (χ0n) is 12.7. The molecule has 0 aliphatic rings. The van der Waals surface area contributed by atoms with Gasteiger partial charge in [-0.15, -0.1) is 0 Å². The molecule has 0 saturated heterocycles. The lowest BCUT2D eigenvalue weighted by Crippen LogP contribution is -1.95. The summed E-state index contributed by atoms with van der Waals surface area (Å²) in [6.45, 7) is 2.25. The lowest BCUT2D eigenvalue weighted by atomic mass is 9.98. The number of hydrogen-bond donors (Lipinski definition) is 1. The summed E-state index contributed by atoms with van der Waals surface area (Å²) in [5, 5.41) is 5.11. The average Bonchev–Trinajstić information content (AvgIpc) is 2.50. The van der Waals surface area contributed by atoms with Gasteiger partial charge >= 0.3 is 0 Å². The summed E-state index contributed by atoms with van der Waals surface area (Å²) in [5.74, 6) is 0. The van der Waals surface area contributed by atoms with Crippen molar-refractivity contribution in [3.63, 3.8) is 0 Å². The second-order valence-electron chi connectivity index (χ2n) is 5.91. The predicted molar refractivity (Wildman–Crippen MR) is 93.7 cm³/mol. The van der Waals surface area contributed by atoms with Gasteiger partial charge < -0.3 is 5.73 Å². The van der Waals surface area contributed by atoms with Crippen molar-refractivity contribution in [1.82, 2.24) is 0 Å². The topological polar surface area (TPSA) is 26.0 Å². The average molecular weight is 277 g/mol. The Labute approximate surface area is 126 Å². The van der Waals surface area contributed by atoms with Gasteiger partial charge in [0.15, 0.2) is 0 Å². The molecule has 1 nitrogen and oxygen atoms in total. The van der Waals surface area contributed by atoms with Crippen molar-refractivity contribution in [1.29, 1.82) is 0 Å². The van der Waals surface area contributed by atoms with Gasteiger partial charge in [0.1, 0.15) is 0 Å². The highest BCUT2D eigenvalue weighted by atomic mass is 14.6. The van der Waals surface area contributed by atoms with Gasteiger partial charge in [-0.1, -0.05) is 50.5 Å². The maximum atomic E-state index is 6.25. The minimum atomic E-state index is 0.939. The van der Waals surface area contributed by atoms with Crippen LogP contribution in [0.3, 0.4) is 0 Å². The van der Waals surface area contributed by atoms with Crippen molar-refractivity contribution in [2.45, 2.75) is 39.0 Å². The van der Waals surface area contributed by atoms with Crippen LogP contribution in [-0.2, 0) is 6.42 Å². The van der Waals surface area contributed by atoms with Crippen molar-refractivity contribution in [2.75, 3.05) is 5.73 Å². The fourth-order valence-electron chi connectivity index (χ4n) is 3.02. The molecule has 0 saturated carbocycles. The number of aryl methyl sites for hydroxylation is 1. The highest BCUT2D eigenvalue weighted by Gasteiger charge is 2.04. The van der Waals surface area contributed by atoms with Crippen LogP contribution in [0.4, 0.5) is 5.69 Å². The number of anilines is 1. The molecule has 0 aliphatic carbocycles. The van der Waals surface area contributed by atoms with E-state index in [4.69, 9.17) is 5.73 Å². The number of benzene rings is 3. The molecule has 0 unspecified atom stereocenters. The molecular weight excluding hydrogens is 254 g/mol. The monoisotopic (exact) mass is 277 g/mol. The third-order valence-electron chi connectivity index (χ3n) is 4.26. The number of rotatable bonds is 5. The first-order valence-corrected chi connectivity index (χ1v) is 7.99. The fraction of sp³-hybridized carbons (Fsp3) is 0.300. The van der Waals surface area contributed by atoms with Crippen molar-refractivity contribution >= 4 is 27.2 Å². The molecule has 3 aromatic carbocycles. The van der Waals surface area contributed by atoms with Gasteiger partial charge in [-0.2, -0.15) is 0 Å². The second-order valence-corrected chi connectivity index (χ2v) is 5.91. The molecule has 0 radical (unpaired) electrons. The molecule has 0 aliphatic heterocycles. The van der Waals surface area contributed by atoms with Gasteiger partial charge in [0, 0.05) is 5.69 Å². The largest absolute Gasteiger partial charge is 0.398 e. The lowest BCUT2D eigenvalue weighted by Gasteiger charge is -2.09. The smallest absolute Gasteiger partial charge is 0.0353 e. The summed E-state index contributed by atoms with van der Waals surface area (Å²) in [7, 11) is 0. The van der Waals surface area contributed by atoms with Gasteiger partial charge in [-0.05, 0) is 64.2 Å². The van der Waals surface area contributed by atoms with Crippen molar-refractivity contribution < 1.29 is 0 Å². The quantitative estimate of drug-likeness (QED) is 0.361. The Bertz CT molecular complexity index is 758. The van der Waals surface area contributed by atoms with E-state index in [1.165, 1.54) is 52.8 Å². The summed E-state index contributed by atoms with van der Waals surface area (Å²) >= 11 is 0. The number of nitrogens with two attached hydrogens (primary N) is 1. The van der Waals surface area contributed by atoms with E-state index in [0.717, 1.165) is 12.1 Å². The first kappa shape index (κ1) is 13.9. The standard InChI is InChI=1S/C20H23N/c1-2-3-4-5-10-17-13-18-11-15-8-6-7-9-16(15)12-19(18)14-20(17)21/h6-9,11-14H,2-5,10,21H2,1H3. The van der Waals surface area contributed by atoms with E-state index in [2.05, 4.69) is 55.5 Å². The van der Waals surface area contributed by atoms with Crippen LogP contribution in [0, 0.1) is 0 Å². The van der Waals surface area contributed by atoms with Crippen LogP contribution in [0.25, 0.3) is 21.5 Å². The molecule has 108 valence electrons. The number of fused-ring (bicyclic) bond motifs is 2. The molecule has 21 heavy (non-hydrogen) atoms. The van der Waals surface area contributed by atoms with Crippen LogP contribution in [-0.4, -0.2) is 0 Å². The van der Waals surface area contributed by atoms with E-state index in [9.17, 15) is 0 Å². The van der Waals surface area contributed by atoms with E-state index in [1.54, 1.807) is 0 Å². The molecule has 0 atom stereocenters. The summed E-state index contributed by atoms with van der Waals surface area (Å²) in [5.41, 5.74) is 8.48. The van der Waals surface area contributed by atoms with E-state index in [-0.39, 0.29) is 0 Å². The number of hydrogen-bond acceptors (Lipinski definition) is 1. The molecule has 1 heteroatoms. The highest BCUT2D eigenvalue weighted by molar-refractivity contribution is 5.99.